The van der Waals surface area contributed by atoms with Crippen molar-refractivity contribution < 1.29 is 17.9 Å². The van der Waals surface area contributed by atoms with Gasteiger partial charge in [-0.2, -0.15) is 13.2 Å². The van der Waals surface area contributed by atoms with E-state index in [0.29, 0.717) is 26.2 Å². The fraction of sp³-hybridized carbons (Fsp3) is 0.667. The number of halogens is 4. The number of aliphatic imine (C=N–C) groups is 1. The van der Waals surface area contributed by atoms with E-state index in [9.17, 15) is 13.2 Å². The zero-order valence-corrected chi connectivity index (χ0v) is 20.5. The molecular weight excluding hydrogens is 508 g/mol. The lowest BCUT2D eigenvalue weighted by molar-refractivity contribution is -0.146. The Hall–Kier alpha value is -1.23. The summed E-state index contributed by atoms with van der Waals surface area (Å²) in [5, 5.41) is 3.33. The fourth-order valence-corrected chi connectivity index (χ4v) is 3.61. The monoisotopic (exact) mass is 542 g/mol. The molecule has 1 heterocycles. The van der Waals surface area contributed by atoms with Crippen LogP contribution in [0.5, 0.6) is 5.75 Å². The van der Waals surface area contributed by atoms with Gasteiger partial charge in [0.25, 0.3) is 0 Å². The second kappa shape index (κ2) is 12.6. The van der Waals surface area contributed by atoms with Gasteiger partial charge in [0.1, 0.15) is 11.9 Å². The smallest absolute Gasteiger partial charge is 0.401 e. The molecule has 0 amide bonds. The Morgan fingerprint density at radius 1 is 1.37 bits per heavy atom. The largest absolute Gasteiger partial charge is 0.489 e. The topological polar surface area (TPSA) is 40.1 Å². The molecule has 2 unspecified atom stereocenters. The Morgan fingerprint density at radius 2 is 2.07 bits per heavy atom. The summed E-state index contributed by atoms with van der Waals surface area (Å²) in [6.07, 6.45) is -3.34. The zero-order valence-electron chi connectivity index (χ0n) is 18.2. The lowest BCUT2D eigenvalue weighted by Gasteiger charge is -2.26. The highest BCUT2D eigenvalue weighted by Crippen LogP contribution is 2.21. The van der Waals surface area contributed by atoms with E-state index < -0.39 is 12.7 Å². The van der Waals surface area contributed by atoms with Crippen LogP contribution in [0.2, 0.25) is 0 Å². The van der Waals surface area contributed by atoms with Gasteiger partial charge in [-0.15, -0.1) is 24.0 Å². The Balaban J connectivity index is 0.00000450. The third-order valence-corrected chi connectivity index (χ3v) is 5.13. The highest BCUT2D eigenvalue weighted by Gasteiger charge is 2.33. The van der Waals surface area contributed by atoms with Crippen molar-refractivity contribution in [2.24, 2.45) is 10.9 Å². The van der Waals surface area contributed by atoms with E-state index in [4.69, 9.17) is 4.74 Å². The summed E-state index contributed by atoms with van der Waals surface area (Å²) in [6.45, 7) is 7.88. The van der Waals surface area contributed by atoms with Crippen LogP contribution in [-0.2, 0) is 0 Å². The number of aryl methyl sites for hydroxylation is 1. The van der Waals surface area contributed by atoms with Gasteiger partial charge in [-0.3, -0.25) is 9.89 Å². The first-order chi connectivity index (χ1) is 13.7. The third kappa shape index (κ3) is 8.87. The van der Waals surface area contributed by atoms with Crippen molar-refractivity contribution in [3.63, 3.8) is 0 Å². The number of nitrogens with one attached hydrogen (secondary N) is 1. The van der Waals surface area contributed by atoms with Crippen molar-refractivity contribution in [3.8, 4) is 5.75 Å². The maximum absolute atomic E-state index is 12.7. The van der Waals surface area contributed by atoms with Gasteiger partial charge >= 0.3 is 6.18 Å². The molecule has 2 rings (SSSR count). The quantitative estimate of drug-likeness (QED) is 0.305. The Labute approximate surface area is 195 Å². The Kier molecular flexibility index (Phi) is 11.2. The van der Waals surface area contributed by atoms with Crippen LogP contribution >= 0.6 is 24.0 Å². The molecule has 30 heavy (non-hydrogen) atoms. The molecule has 0 aliphatic carbocycles. The van der Waals surface area contributed by atoms with Gasteiger partial charge in [-0.1, -0.05) is 25.1 Å². The van der Waals surface area contributed by atoms with Gasteiger partial charge < -0.3 is 15.0 Å². The minimum Gasteiger partial charge on any atom is -0.489 e. The number of benzene rings is 1. The van der Waals surface area contributed by atoms with Crippen LogP contribution in [0.25, 0.3) is 0 Å². The van der Waals surface area contributed by atoms with Crippen LogP contribution < -0.4 is 10.1 Å². The maximum atomic E-state index is 12.7. The average molecular weight is 542 g/mol. The van der Waals surface area contributed by atoms with Crippen LogP contribution in [0.15, 0.2) is 29.3 Å². The summed E-state index contributed by atoms with van der Waals surface area (Å²) in [4.78, 5) is 7.93. The van der Waals surface area contributed by atoms with Crippen LogP contribution in [0.1, 0.15) is 25.8 Å². The van der Waals surface area contributed by atoms with E-state index in [1.54, 1.807) is 14.0 Å². The van der Waals surface area contributed by atoms with E-state index in [1.807, 2.05) is 38.1 Å². The number of para-hydroxylation sites is 1. The average Bonchev–Trinajstić information content (AvgIpc) is 3.11. The van der Waals surface area contributed by atoms with Crippen LogP contribution in [0.4, 0.5) is 13.2 Å². The van der Waals surface area contributed by atoms with Gasteiger partial charge in [0, 0.05) is 26.7 Å². The molecule has 0 aromatic heterocycles. The zero-order chi connectivity index (χ0) is 21.4. The molecule has 2 atom stereocenters. The van der Waals surface area contributed by atoms with Gasteiger partial charge in [0.05, 0.1) is 13.1 Å². The fourth-order valence-electron chi connectivity index (χ4n) is 3.61. The molecule has 1 saturated heterocycles. The predicted octanol–water partition coefficient (Wildman–Crippen LogP) is 4.16. The van der Waals surface area contributed by atoms with E-state index in [2.05, 4.69) is 15.2 Å². The maximum Gasteiger partial charge on any atom is 0.401 e. The van der Waals surface area contributed by atoms with Crippen molar-refractivity contribution in [2.45, 2.75) is 39.5 Å². The second-order valence-electron chi connectivity index (χ2n) is 7.67. The standard InChI is InChI=1S/C21H33F3N4O.HI/c1-5-27(15-21(22,23)24)13-18-10-11-28(14-18)20(25-4)26-12-17(3)29-19-9-7-6-8-16(19)2;/h6-9,17-18H,5,10-15H2,1-4H3,(H,25,26);1H. The molecule has 1 aliphatic rings. The number of ether oxygens (including phenoxy) is 1. The van der Waals surface area contributed by atoms with Crippen molar-refractivity contribution in [1.29, 1.82) is 0 Å². The first-order valence-corrected chi connectivity index (χ1v) is 10.2. The van der Waals surface area contributed by atoms with Gasteiger partial charge in [0.15, 0.2) is 5.96 Å². The molecule has 0 radical (unpaired) electrons. The van der Waals surface area contributed by atoms with Crippen LogP contribution in [0, 0.1) is 12.8 Å². The number of hydrogen-bond acceptors (Lipinski definition) is 3. The molecule has 1 aromatic rings. The molecular formula is C21H34F3IN4O. The van der Waals surface area contributed by atoms with E-state index in [0.717, 1.165) is 30.2 Å². The Morgan fingerprint density at radius 3 is 2.67 bits per heavy atom. The first-order valence-electron chi connectivity index (χ1n) is 10.2. The molecule has 172 valence electrons. The van der Waals surface area contributed by atoms with Gasteiger partial charge in [-0.25, -0.2) is 0 Å². The van der Waals surface area contributed by atoms with E-state index in [1.165, 1.54) is 4.90 Å². The number of guanidine groups is 1. The molecule has 0 bridgehead atoms. The lowest BCUT2D eigenvalue weighted by atomic mass is 10.1. The van der Waals surface area contributed by atoms with Crippen molar-refractivity contribution in [3.05, 3.63) is 29.8 Å². The van der Waals surface area contributed by atoms with Crippen molar-refractivity contribution >= 4 is 29.9 Å². The minimum absolute atomic E-state index is 0. The van der Waals surface area contributed by atoms with E-state index in [-0.39, 0.29) is 36.0 Å². The number of nitrogens with zero attached hydrogens (tertiary/aromatic N) is 3. The summed E-state index contributed by atoms with van der Waals surface area (Å²) >= 11 is 0. The van der Waals surface area contributed by atoms with Crippen LogP contribution in [-0.4, -0.2) is 74.4 Å². The summed E-state index contributed by atoms with van der Waals surface area (Å²) in [5.74, 6) is 1.84. The summed E-state index contributed by atoms with van der Waals surface area (Å²) < 4.78 is 44.1. The highest BCUT2D eigenvalue weighted by molar-refractivity contribution is 14.0. The second-order valence-corrected chi connectivity index (χ2v) is 7.67. The van der Waals surface area contributed by atoms with Crippen LogP contribution in [0.3, 0.4) is 0 Å². The number of likely N-dealkylation sites (tertiary alicyclic amines) is 1. The highest BCUT2D eigenvalue weighted by atomic mass is 127. The molecule has 1 fully saturated rings. The minimum atomic E-state index is -4.15. The summed E-state index contributed by atoms with van der Waals surface area (Å²) in [6, 6.07) is 7.89. The third-order valence-electron chi connectivity index (χ3n) is 5.13. The SMILES string of the molecule is CCN(CC1CCN(C(=NC)NCC(C)Oc2ccccc2C)C1)CC(F)(F)F.I. The summed E-state index contributed by atoms with van der Waals surface area (Å²) in [7, 11) is 1.73. The summed E-state index contributed by atoms with van der Waals surface area (Å²) in [5.41, 5.74) is 1.09. The number of hydrogen-bond donors (Lipinski definition) is 1. The molecule has 1 N–H and O–H groups in total. The predicted molar refractivity (Wildman–Crippen MR) is 126 cm³/mol. The van der Waals surface area contributed by atoms with Crippen molar-refractivity contribution in [2.75, 3.05) is 46.3 Å². The normalized spacial score (nSPS) is 18.3. The molecule has 0 saturated carbocycles. The lowest BCUT2D eigenvalue weighted by Crippen LogP contribution is -2.44. The number of alkyl halides is 3. The molecule has 0 spiro atoms. The van der Waals surface area contributed by atoms with Crippen molar-refractivity contribution in [1.82, 2.24) is 15.1 Å². The molecule has 9 heteroatoms. The molecule has 1 aromatic carbocycles. The first kappa shape index (κ1) is 26.8. The number of rotatable bonds is 8. The van der Waals surface area contributed by atoms with Gasteiger partial charge in [0.2, 0.25) is 0 Å². The van der Waals surface area contributed by atoms with Gasteiger partial charge in [-0.05, 0) is 44.4 Å². The Bertz CT molecular complexity index is 672. The molecule has 1 aliphatic heterocycles. The van der Waals surface area contributed by atoms with E-state index >= 15 is 0 Å². The molecule has 5 nitrogen and oxygen atoms in total.